The Labute approximate surface area is 203 Å². The van der Waals surface area contributed by atoms with E-state index in [0.29, 0.717) is 5.03 Å². The fourth-order valence-corrected chi connectivity index (χ4v) is 6.64. The minimum atomic E-state index is -6.16. The van der Waals surface area contributed by atoms with Crippen LogP contribution in [0.15, 0.2) is 22.1 Å². The zero-order chi connectivity index (χ0) is 26.4. The first kappa shape index (κ1) is 30.7. The van der Waals surface area contributed by atoms with Crippen molar-refractivity contribution in [2.75, 3.05) is 12.4 Å². The lowest BCUT2D eigenvalue weighted by atomic mass is 10.1. The standard InChI is InChI=1S/C15H27N2O14P3S/c1-2-3-4-5-8-35-11-6-7-17(15(20)16-11)14-13(19)12(18)10(29-14)9-28-33(24,25)31-34(26,27)30-32(21,22)23/h6-7,10,12-14,18-19H,2-5,8-9H2,1H3,(H,24,25)(H,26,27)(H2,21,22,23)/p-4/t10-,12?,13+,14-/m1/s1. The molecular formula is C15H23N2O14P3S-4. The fourth-order valence-electron chi connectivity index (χ4n) is 2.92. The lowest BCUT2D eigenvalue weighted by molar-refractivity contribution is -0.339. The molecule has 1 aliphatic heterocycles. The van der Waals surface area contributed by atoms with Gasteiger partial charge in [0.25, 0.3) is 15.6 Å². The van der Waals surface area contributed by atoms with Crippen molar-refractivity contribution < 1.29 is 61.4 Å². The molecule has 2 rings (SSSR count). The van der Waals surface area contributed by atoms with E-state index in [2.05, 4.69) is 25.1 Å². The van der Waals surface area contributed by atoms with Crippen molar-refractivity contribution in [3.63, 3.8) is 0 Å². The van der Waals surface area contributed by atoms with Crippen LogP contribution in [0, 0.1) is 0 Å². The summed E-state index contributed by atoms with van der Waals surface area (Å²) in [4.78, 5) is 59.7. The number of hydrogen-bond acceptors (Lipinski definition) is 16. The van der Waals surface area contributed by atoms with Crippen LogP contribution >= 0.6 is 35.2 Å². The molecule has 1 fully saturated rings. The Hall–Kier alpha value is -0.480. The van der Waals surface area contributed by atoms with Gasteiger partial charge in [-0.25, -0.2) is 9.11 Å². The van der Waals surface area contributed by atoms with E-state index in [1.807, 2.05) is 0 Å². The number of thioether (sulfide) groups is 1. The van der Waals surface area contributed by atoms with Crippen molar-refractivity contribution in [2.24, 2.45) is 0 Å². The Morgan fingerprint density at radius 1 is 1.09 bits per heavy atom. The molecule has 202 valence electrons. The number of aliphatic hydroxyl groups excluding tert-OH is 2. The lowest BCUT2D eigenvalue weighted by Crippen LogP contribution is -2.36. The van der Waals surface area contributed by atoms with Gasteiger partial charge in [-0.1, -0.05) is 26.2 Å². The summed E-state index contributed by atoms with van der Waals surface area (Å²) in [5.74, 6) is 0.747. The number of phosphoric acid groups is 3. The summed E-state index contributed by atoms with van der Waals surface area (Å²) in [5, 5.41) is 20.8. The summed E-state index contributed by atoms with van der Waals surface area (Å²) in [6.45, 7) is 0.968. The van der Waals surface area contributed by atoms with E-state index in [9.17, 15) is 48.3 Å². The molecule has 2 heterocycles. The molecule has 0 radical (unpaired) electrons. The van der Waals surface area contributed by atoms with E-state index < -0.39 is 60.3 Å². The van der Waals surface area contributed by atoms with Crippen molar-refractivity contribution in [1.29, 1.82) is 0 Å². The van der Waals surface area contributed by atoms with Crippen LogP contribution in [0.25, 0.3) is 0 Å². The number of rotatable bonds is 14. The topological polar surface area (TPSA) is 256 Å². The highest BCUT2D eigenvalue weighted by Gasteiger charge is 2.44. The van der Waals surface area contributed by atoms with Gasteiger partial charge in [-0.15, -0.1) is 11.8 Å². The van der Waals surface area contributed by atoms with Crippen molar-refractivity contribution in [1.82, 2.24) is 9.55 Å². The normalized spacial score (nSPS) is 26.4. The van der Waals surface area contributed by atoms with Crippen molar-refractivity contribution in [3.05, 3.63) is 22.7 Å². The highest BCUT2D eigenvalue weighted by atomic mass is 32.2. The molecule has 0 saturated carbocycles. The smallest absolute Gasteiger partial charge is 0.350 e. The fraction of sp³-hybridized carbons (Fsp3) is 0.733. The van der Waals surface area contributed by atoms with Crippen molar-refractivity contribution in [2.45, 2.75) is 62.2 Å². The lowest BCUT2D eigenvalue weighted by Gasteiger charge is -2.37. The average molecular weight is 580 g/mol. The summed E-state index contributed by atoms with van der Waals surface area (Å²) in [5.41, 5.74) is -0.816. The Balaban J connectivity index is 1.98. The first-order chi connectivity index (χ1) is 16.1. The van der Waals surface area contributed by atoms with Gasteiger partial charge < -0.3 is 43.6 Å². The Kier molecular flexibility index (Phi) is 11.3. The van der Waals surface area contributed by atoms with Gasteiger partial charge in [-0.05, 0) is 18.2 Å². The molecule has 0 amide bonds. The molecule has 16 nitrogen and oxygen atoms in total. The first-order valence-corrected chi connectivity index (χ1v) is 15.5. The van der Waals surface area contributed by atoms with Crippen LogP contribution in [-0.4, -0.2) is 50.4 Å². The maximum atomic E-state index is 12.4. The van der Waals surface area contributed by atoms with Crippen LogP contribution < -0.4 is 25.3 Å². The molecule has 1 aromatic heterocycles. The zero-order valence-corrected chi connectivity index (χ0v) is 21.6. The molecule has 2 N–H and O–H groups in total. The summed E-state index contributed by atoms with van der Waals surface area (Å²) < 4.78 is 50.0. The van der Waals surface area contributed by atoms with Crippen LogP contribution in [0.1, 0.15) is 38.8 Å². The van der Waals surface area contributed by atoms with E-state index in [-0.39, 0.29) is 0 Å². The van der Waals surface area contributed by atoms with Gasteiger partial charge in [0.1, 0.15) is 23.3 Å². The Bertz CT molecular complexity index is 1050. The van der Waals surface area contributed by atoms with Crippen molar-refractivity contribution >= 4 is 35.2 Å². The van der Waals surface area contributed by atoms with Gasteiger partial charge in [0.2, 0.25) is 0 Å². The SMILES string of the molecule is CCCCCCSc1ccn([C@@H]2O[C@H](COP(=O)([O-])OP(=O)([O-])OP(=O)([O-])[O-])C(O)[C@@H]2O)c(=O)n1. The molecule has 0 aliphatic carbocycles. The molecule has 35 heavy (non-hydrogen) atoms. The van der Waals surface area contributed by atoms with Gasteiger partial charge in [0.05, 0.1) is 14.4 Å². The van der Waals surface area contributed by atoms with E-state index in [1.54, 1.807) is 0 Å². The second kappa shape index (κ2) is 12.9. The molecule has 1 aromatic rings. The zero-order valence-electron chi connectivity index (χ0n) is 18.1. The molecule has 20 heteroatoms. The number of nitrogens with zero attached hydrogens (tertiary/aromatic N) is 2. The summed E-state index contributed by atoms with van der Waals surface area (Å²) in [6, 6.07) is 1.49. The molecule has 0 spiro atoms. The van der Waals surface area contributed by atoms with Crippen LogP contribution in [0.3, 0.4) is 0 Å². The number of aromatic nitrogens is 2. The minimum Gasteiger partial charge on any atom is -0.790 e. The Morgan fingerprint density at radius 3 is 2.37 bits per heavy atom. The average Bonchev–Trinajstić information content (AvgIpc) is 2.98. The molecular weight excluding hydrogens is 557 g/mol. The predicted octanol–water partition coefficient (Wildman–Crippen LogP) is -1.65. The van der Waals surface area contributed by atoms with Crippen LogP contribution in [0.4, 0.5) is 0 Å². The van der Waals surface area contributed by atoms with E-state index in [1.165, 1.54) is 24.0 Å². The number of aliphatic hydroxyl groups is 2. The monoisotopic (exact) mass is 580 g/mol. The number of unbranched alkanes of at least 4 members (excludes halogenated alkanes) is 3. The quantitative estimate of drug-likeness (QED) is 0.108. The van der Waals surface area contributed by atoms with Gasteiger partial charge in [-0.3, -0.25) is 18.0 Å². The first-order valence-electron chi connectivity index (χ1n) is 10.1. The molecule has 0 bridgehead atoms. The third-order valence-electron chi connectivity index (χ3n) is 4.46. The molecule has 0 aromatic carbocycles. The molecule has 1 aliphatic rings. The highest BCUT2D eigenvalue weighted by molar-refractivity contribution is 7.99. The summed E-state index contributed by atoms with van der Waals surface area (Å²) >= 11 is 1.36. The van der Waals surface area contributed by atoms with Gasteiger partial charge >= 0.3 is 5.69 Å². The molecule has 6 atom stereocenters. The molecule has 3 unspecified atom stereocenters. The maximum absolute atomic E-state index is 12.4. The summed E-state index contributed by atoms with van der Waals surface area (Å²) in [7, 11) is -18.1. The third-order valence-corrected chi connectivity index (χ3v) is 9.14. The maximum Gasteiger partial charge on any atom is 0.350 e. The largest absolute Gasteiger partial charge is 0.790 e. The van der Waals surface area contributed by atoms with Crippen LogP contribution in [0.5, 0.6) is 0 Å². The van der Waals surface area contributed by atoms with Gasteiger partial charge in [0.15, 0.2) is 6.23 Å². The van der Waals surface area contributed by atoms with Crippen LogP contribution in [-0.2, 0) is 31.6 Å². The number of hydrogen-bond donors (Lipinski definition) is 2. The second-order valence-corrected chi connectivity index (χ2v) is 12.6. The Morgan fingerprint density at radius 2 is 1.77 bits per heavy atom. The van der Waals surface area contributed by atoms with Gasteiger partial charge in [0, 0.05) is 6.20 Å². The second-order valence-electron chi connectivity index (χ2n) is 7.21. The van der Waals surface area contributed by atoms with Crippen LogP contribution in [0.2, 0.25) is 0 Å². The van der Waals surface area contributed by atoms with Crippen molar-refractivity contribution in [3.8, 4) is 0 Å². The van der Waals surface area contributed by atoms with Gasteiger partial charge in [-0.2, -0.15) is 4.98 Å². The number of ether oxygens (including phenoxy) is 1. The predicted molar refractivity (Wildman–Crippen MR) is 110 cm³/mol. The third kappa shape index (κ3) is 10.1. The summed E-state index contributed by atoms with van der Waals surface area (Å²) in [6.07, 6.45) is -1.18. The van der Waals surface area contributed by atoms with E-state index in [4.69, 9.17) is 4.74 Å². The van der Waals surface area contributed by atoms with E-state index in [0.717, 1.165) is 36.0 Å². The number of phosphoric ester groups is 1. The minimum absolute atomic E-state index is 0.435. The molecule has 1 saturated heterocycles. The van der Waals surface area contributed by atoms with E-state index >= 15 is 0 Å². The highest BCUT2D eigenvalue weighted by Crippen LogP contribution is 2.60.